The number of nitrogens with zero attached hydrogens (tertiary/aromatic N) is 2. The van der Waals surface area contributed by atoms with Crippen molar-refractivity contribution >= 4 is 27.5 Å². The number of para-hydroxylation sites is 1. The van der Waals surface area contributed by atoms with Crippen LogP contribution in [-0.4, -0.2) is 9.78 Å². The zero-order chi connectivity index (χ0) is 11.0. The van der Waals surface area contributed by atoms with Gasteiger partial charge in [-0.05, 0) is 41.9 Å². The second kappa shape index (κ2) is 3.99. The van der Waals surface area contributed by atoms with E-state index >= 15 is 0 Å². The standard InChI is InChI=1S/C11H10BrClN2/c1-7-8(2)14-15(11(7)13)10-6-4-3-5-9(10)12/h3-6H,1-2H3. The molecule has 0 atom stereocenters. The quantitative estimate of drug-likeness (QED) is 0.777. The smallest absolute Gasteiger partial charge is 0.136 e. The topological polar surface area (TPSA) is 17.8 Å². The molecule has 2 rings (SSSR count). The van der Waals surface area contributed by atoms with Gasteiger partial charge in [-0.25, -0.2) is 4.68 Å². The van der Waals surface area contributed by atoms with Crippen LogP contribution in [0.15, 0.2) is 28.7 Å². The highest BCUT2D eigenvalue weighted by molar-refractivity contribution is 9.10. The van der Waals surface area contributed by atoms with E-state index in [-0.39, 0.29) is 0 Å². The number of aromatic nitrogens is 2. The minimum Gasteiger partial charge on any atom is -0.221 e. The summed E-state index contributed by atoms with van der Waals surface area (Å²) in [4.78, 5) is 0. The molecule has 2 nitrogen and oxygen atoms in total. The minimum absolute atomic E-state index is 0.666. The van der Waals surface area contributed by atoms with Gasteiger partial charge < -0.3 is 0 Å². The molecule has 1 aromatic carbocycles. The van der Waals surface area contributed by atoms with Crippen molar-refractivity contribution in [3.63, 3.8) is 0 Å². The Morgan fingerprint density at radius 2 is 1.93 bits per heavy atom. The molecular formula is C11H10BrClN2. The normalized spacial score (nSPS) is 10.7. The van der Waals surface area contributed by atoms with E-state index in [1.165, 1.54) is 0 Å². The van der Waals surface area contributed by atoms with Crippen LogP contribution in [-0.2, 0) is 0 Å². The van der Waals surface area contributed by atoms with Crippen LogP contribution in [0.4, 0.5) is 0 Å². The van der Waals surface area contributed by atoms with Crippen molar-refractivity contribution in [2.24, 2.45) is 0 Å². The third kappa shape index (κ3) is 1.82. The van der Waals surface area contributed by atoms with Crippen LogP contribution in [0.2, 0.25) is 5.15 Å². The summed E-state index contributed by atoms with van der Waals surface area (Å²) in [6, 6.07) is 7.87. The lowest BCUT2D eigenvalue weighted by Gasteiger charge is -2.05. The number of hydrogen-bond acceptors (Lipinski definition) is 1. The van der Waals surface area contributed by atoms with Gasteiger partial charge in [0.1, 0.15) is 5.15 Å². The average molecular weight is 286 g/mol. The highest BCUT2D eigenvalue weighted by atomic mass is 79.9. The highest BCUT2D eigenvalue weighted by Gasteiger charge is 2.12. The third-order valence-corrected chi connectivity index (χ3v) is 3.48. The lowest BCUT2D eigenvalue weighted by atomic mass is 10.3. The van der Waals surface area contributed by atoms with Gasteiger partial charge in [0.15, 0.2) is 0 Å². The molecule has 1 heterocycles. The van der Waals surface area contributed by atoms with Gasteiger partial charge in [-0.15, -0.1) is 0 Å². The van der Waals surface area contributed by atoms with E-state index in [9.17, 15) is 0 Å². The van der Waals surface area contributed by atoms with Crippen LogP contribution >= 0.6 is 27.5 Å². The van der Waals surface area contributed by atoms with Gasteiger partial charge >= 0.3 is 0 Å². The Labute approximate surface area is 102 Å². The van der Waals surface area contributed by atoms with Gasteiger partial charge in [0.25, 0.3) is 0 Å². The fourth-order valence-corrected chi connectivity index (χ4v) is 2.08. The lowest BCUT2D eigenvalue weighted by molar-refractivity contribution is 0.859. The fourth-order valence-electron chi connectivity index (χ4n) is 1.36. The van der Waals surface area contributed by atoms with Crippen molar-refractivity contribution in [3.05, 3.63) is 45.1 Å². The van der Waals surface area contributed by atoms with E-state index in [4.69, 9.17) is 11.6 Å². The summed E-state index contributed by atoms with van der Waals surface area (Å²) in [5.74, 6) is 0. The predicted octanol–water partition coefficient (Wildman–Crippen LogP) is 3.91. The summed E-state index contributed by atoms with van der Waals surface area (Å²) in [5.41, 5.74) is 2.93. The first kappa shape index (κ1) is 10.7. The Morgan fingerprint density at radius 1 is 1.27 bits per heavy atom. The van der Waals surface area contributed by atoms with E-state index in [1.54, 1.807) is 4.68 Å². The minimum atomic E-state index is 0.666. The fraction of sp³-hybridized carbons (Fsp3) is 0.182. The van der Waals surface area contributed by atoms with Crippen LogP contribution in [0.25, 0.3) is 5.69 Å². The second-order valence-electron chi connectivity index (χ2n) is 3.36. The van der Waals surface area contributed by atoms with Crippen LogP contribution in [0, 0.1) is 13.8 Å². The zero-order valence-corrected chi connectivity index (χ0v) is 10.8. The maximum atomic E-state index is 6.20. The molecule has 0 spiro atoms. The van der Waals surface area contributed by atoms with Crippen LogP contribution in [0.5, 0.6) is 0 Å². The number of aryl methyl sites for hydroxylation is 1. The molecule has 0 amide bonds. The zero-order valence-electron chi connectivity index (χ0n) is 8.46. The Balaban J connectivity index is 2.65. The summed E-state index contributed by atoms with van der Waals surface area (Å²) < 4.78 is 2.73. The average Bonchev–Trinajstić information content (AvgIpc) is 2.47. The third-order valence-electron chi connectivity index (χ3n) is 2.37. The molecule has 0 saturated heterocycles. The Morgan fingerprint density at radius 3 is 2.47 bits per heavy atom. The molecule has 0 aliphatic carbocycles. The van der Waals surface area contributed by atoms with Crippen molar-refractivity contribution in [3.8, 4) is 5.69 Å². The van der Waals surface area contributed by atoms with Crippen molar-refractivity contribution in [2.75, 3.05) is 0 Å². The molecule has 0 fully saturated rings. The first-order valence-corrected chi connectivity index (χ1v) is 5.75. The van der Waals surface area contributed by atoms with Gasteiger partial charge in [-0.3, -0.25) is 0 Å². The first-order valence-electron chi connectivity index (χ1n) is 4.58. The molecule has 4 heteroatoms. The summed E-state index contributed by atoms with van der Waals surface area (Å²) in [7, 11) is 0. The summed E-state index contributed by atoms with van der Waals surface area (Å²) in [6.45, 7) is 3.92. The largest absolute Gasteiger partial charge is 0.221 e. The highest BCUT2D eigenvalue weighted by Crippen LogP contribution is 2.26. The van der Waals surface area contributed by atoms with Crippen molar-refractivity contribution in [2.45, 2.75) is 13.8 Å². The van der Waals surface area contributed by atoms with Gasteiger partial charge in [-0.2, -0.15) is 5.10 Å². The van der Waals surface area contributed by atoms with Crippen LogP contribution in [0.1, 0.15) is 11.3 Å². The van der Waals surface area contributed by atoms with E-state index in [0.29, 0.717) is 5.15 Å². The van der Waals surface area contributed by atoms with Gasteiger partial charge in [0.2, 0.25) is 0 Å². The Kier molecular flexibility index (Phi) is 2.85. The summed E-state index contributed by atoms with van der Waals surface area (Å²) in [5, 5.41) is 5.06. The van der Waals surface area contributed by atoms with Crippen molar-refractivity contribution < 1.29 is 0 Å². The van der Waals surface area contributed by atoms with Crippen LogP contribution < -0.4 is 0 Å². The van der Waals surface area contributed by atoms with Gasteiger partial charge in [0.05, 0.1) is 11.4 Å². The molecular weight excluding hydrogens is 275 g/mol. The number of halogens is 2. The molecule has 2 aromatic rings. The molecule has 0 saturated carbocycles. The molecule has 78 valence electrons. The number of rotatable bonds is 1. The van der Waals surface area contributed by atoms with Gasteiger partial charge in [-0.1, -0.05) is 23.7 Å². The predicted molar refractivity (Wildman–Crippen MR) is 65.7 cm³/mol. The lowest BCUT2D eigenvalue weighted by Crippen LogP contribution is -1.97. The van der Waals surface area contributed by atoms with E-state index < -0.39 is 0 Å². The molecule has 0 radical (unpaired) electrons. The molecule has 0 bridgehead atoms. The first-order chi connectivity index (χ1) is 7.11. The maximum Gasteiger partial charge on any atom is 0.136 e. The second-order valence-corrected chi connectivity index (χ2v) is 4.58. The van der Waals surface area contributed by atoms with Crippen LogP contribution in [0.3, 0.4) is 0 Å². The Hall–Kier alpha value is -0.800. The number of hydrogen-bond donors (Lipinski definition) is 0. The van der Waals surface area contributed by atoms with Gasteiger partial charge in [0, 0.05) is 10.0 Å². The number of benzene rings is 1. The molecule has 0 unspecified atom stereocenters. The molecule has 1 aromatic heterocycles. The molecule has 0 aliphatic rings. The molecule has 15 heavy (non-hydrogen) atoms. The monoisotopic (exact) mass is 284 g/mol. The van der Waals surface area contributed by atoms with Crippen molar-refractivity contribution in [1.29, 1.82) is 0 Å². The maximum absolute atomic E-state index is 6.20. The summed E-state index contributed by atoms with van der Waals surface area (Å²) in [6.07, 6.45) is 0. The van der Waals surface area contributed by atoms with E-state index in [2.05, 4.69) is 21.0 Å². The van der Waals surface area contributed by atoms with E-state index in [1.807, 2.05) is 38.1 Å². The molecule has 0 aliphatic heterocycles. The van der Waals surface area contributed by atoms with E-state index in [0.717, 1.165) is 21.4 Å². The summed E-state index contributed by atoms with van der Waals surface area (Å²) >= 11 is 9.68. The van der Waals surface area contributed by atoms with Crippen molar-refractivity contribution in [1.82, 2.24) is 9.78 Å². The SMILES string of the molecule is Cc1nn(-c2ccccc2Br)c(Cl)c1C. The Bertz CT molecular complexity index is 505. The molecule has 0 N–H and O–H groups in total.